The van der Waals surface area contributed by atoms with Crippen molar-refractivity contribution in [3.8, 4) is 0 Å². The van der Waals surface area contributed by atoms with Crippen molar-refractivity contribution in [1.29, 1.82) is 0 Å². The van der Waals surface area contributed by atoms with Gasteiger partial charge in [-0.3, -0.25) is 14.4 Å². The molecular formula is C20H21F3N4O3. The number of alkyl halides is 3. The van der Waals surface area contributed by atoms with Gasteiger partial charge in [-0.05, 0) is 18.1 Å². The summed E-state index contributed by atoms with van der Waals surface area (Å²) in [5, 5.41) is 2.99. The van der Waals surface area contributed by atoms with Gasteiger partial charge >= 0.3 is 6.18 Å². The second-order valence-electron chi connectivity index (χ2n) is 7.48. The third-order valence-electron chi connectivity index (χ3n) is 4.93. The minimum atomic E-state index is -5.02. The summed E-state index contributed by atoms with van der Waals surface area (Å²) in [6.07, 6.45) is -1.64. The van der Waals surface area contributed by atoms with Crippen LogP contribution < -0.4 is 11.1 Å². The van der Waals surface area contributed by atoms with Crippen LogP contribution >= 0.6 is 0 Å². The molecule has 3 rings (SSSR count). The molecule has 30 heavy (non-hydrogen) atoms. The number of nitrogens with two attached hydrogens (primary N) is 1. The van der Waals surface area contributed by atoms with Crippen molar-refractivity contribution < 1.29 is 27.6 Å². The summed E-state index contributed by atoms with van der Waals surface area (Å²) in [7, 11) is 0. The Balaban J connectivity index is 1.74. The lowest BCUT2D eigenvalue weighted by molar-refractivity contribution is -0.174. The Hall–Kier alpha value is -3.30. The molecule has 1 aliphatic rings. The van der Waals surface area contributed by atoms with E-state index in [0.29, 0.717) is 11.1 Å². The van der Waals surface area contributed by atoms with Gasteiger partial charge in [0.15, 0.2) is 0 Å². The molecule has 4 N–H and O–H groups in total. The SMILES string of the molecule is CC(C)C(NC(=O)CN1C=Cc2c([nH]c3c(C(N)=O)cccc23)C1)C(=O)C(F)(F)F. The van der Waals surface area contributed by atoms with Crippen molar-refractivity contribution in [2.75, 3.05) is 6.54 Å². The summed E-state index contributed by atoms with van der Waals surface area (Å²) in [4.78, 5) is 40.2. The molecule has 1 aromatic heterocycles. The van der Waals surface area contributed by atoms with E-state index in [4.69, 9.17) is 5.73 Å². The molecule has 0 saturated heterocycles. The number of halogens is 3. The van der Waals surface area contributed by atoms with Crippen LogP contribution in [0.2, 0.25) is 0 Å². The predicted octanol–water partition coefficient (Wildman–Crippen LogP) is 2.33. The van der Waals surface area contributed by atoms with Crippen LogP contribution in [0.25, 0.3) is 17.0 Å². The molecule has 0 bridgehead atoms. The highest BCUT2D eigenvalue weighted by Gasteiger charge is 2.45. The normalized spacial score (nSPS) is 14.7. The number of amides is 2. The molecule has 10 heteroatoms. The monoisotopic (exact) mass is 422 g/mol. The van der Waals surface area contributed by atoms with Crippen molar-refractivity contribution in [1.82, 2.24) is 15.2 Å². The van der Waals surface area contributed by atoms with Crippen LogP contribution in [0.4, 0.5) is 13.2 Å². The van der Waals surface area contributed by atoms with Crippen LogP contribution in [-0.2, 0) is 16.1 Å². The Labute approximate surface area is 170 Å². The van der Waals surface area contributed by atoms with Gasteiger partial charge in [-0.1, -0.05) is 26.0 Å². The van der Waals surface area contributed by atoms with Gasteiger partial charge in [-0.2, -0.15) is 13.2 Å². The highest BCUT2D eigenvalue weighted by atomic mass is 19.4. The number of aromatic amines is 1. The molecule has 1 aliphatic heterocycles. The van der Waals surface area contributed by atoms with Crippen LogP contribution in [0.15, 0.2) is 24.4 Å². The van der Waals surface area contributed by atoms with Crippen LogP contribution in [0.5, 0.6) is 0 Å². The Bertz CT molecular complexity index is 1040. The Morgan fingerprint density at radius 3 is 2.57 bits per heavy atom. The highest BCUT2D eigenvalue weighted by Crippen LogP contribution is 2.30. The number of carbonyl (C=O) groups is 3. The molecule has 2 heterocycles. The number of ketones is 1. The van der Waals surface area contributed by atoms with E-state index < -0.39 is 35.7 Å². The van der Waals surface area contributed by atoms with Gasteiger partial charge in [0.05, 0.1) is 30.2 Å². The third-order valence-corrected chi connectivity index (χ3v) is 4.93. The summed E-state index contributed by atoms with van der Waals surface area (Å²) < 4.78 is 38.3. The summed E-state index contributed by atoms with van der Waals surface area (Å²) in [5.74, 6) is -3.97. The minimum absolute atomic E-state index is 0.234. The summed E-state index contributed by atoms with van der Waals surface area (Å²) in [6.45, 7) is 2.90. The van der Waals surface area contributed by atoms with Gasteiger partial charge in [0.2, 0.25) is 5.91 Å². The molecule has 2 amide bonds. The molecule has 0 saturated carbocycles. The zero-order chi connectivity index (χ0) is 22.2. The average molecular weight is 422 g/mol. The molecule has 2 aromatic rings. The van der Waals surface area contributed by atoms with Gasteiger partial charge in [0, 0.05) is 22.8 Å². The number of nitrogens with zero attached hydrogens (tertiary/aromatic N) is 1. The quantitative estimate of drug-likeness (QED) is 0.664. The lowest BCUT2D eigenvalue weighted by atomic mass is 9.99. The third kappa shape index (κ3) is 4.17. The molecule has 7 nitrogen and oxygen atoms in total. The van der Waals surface area contributed by atoms with Crippen LogP contribution in [0, 0.1) is 5.92 Å². The Morgan fingerprint density at radius 1 is 1.27 bits per heavy atom. The van der Waals surface area contributed by atoms with E-state index in [9.17, 15) is 27.6 Å². The number of aromatic nitrogens is 1. The predicted molar refractivity (Wildman–Crippen MR) is 104 cm³/mol. The first-order valence-electron chi connectivity index (χ1n) is 9.25. The number of rotatable bonds is 6. The fraction of sp³-hybridized carbons (Fsp3) is 0.350. The topological polar surface area (TPSA) is 108 Å². The molecule has 1 aromatic carbocycles. The second-order valence-corrected chi connectivity index (χ2v) is 7.48. The van der Waals surface area contributed by atoms with E-state index in [1.807, 2.05) is 6.07 Å². The molecular weight excluding hydrogens is 401 g/mol. The van der Waals surface area contributed by atoms with Crippen molar-refractivity contribution in [3.05, 3.63) is 41.2 Å². The molecule has 160 valence electrons. The minimum Gasteiger partial charge on any atom is -0.366 e. The number of hydrogen-bond acceptors (Lipinski definition) is 4. The van der Waals surface area contributed by atoms with E-state index >= 15 is 0 Å². The summed E-state index contributed by atoms with van der Waals surface area (Å²) >= 11 is 0. The van der Waals surface area contributed by atoms with Crippen molar-refractivity contribution in [3.63, 3.8) is 0 Å². The number of carbonyl (C=O) groups excluding carboxylic acids is 3. The van der Waals surface area contributed by atoms with Crippen molar-refractivity contribution in [2.45, 2.75) is 32.6 Å². The number of hydrogen-bond donors (Lipinski definition) is 3. The first kappa shape index (κ1) is 21.4. The summed E-state index contributed by atoms with van der Waals surface area (Å²) in [6, 6.07) is 3.51. The smallest absolute Gasteiger partial charge is 0.366 e. The number of H-pyrrole nitrogens is 1. The maximum Gasteiger partial charge on any atom is 0.452 e. The number of para-hydroxylation sites is 1. The van der Waals surface area contributed by atoms with E-state index in [0.717, 1.165) is 16.6 Å². The maximum atomic E-state index is 12.8. The molecule has 0 spiro atoms. The average Bonchev–Trinajstić information content (AvgIpc) is 3.02. The zero-order valence-corrected chi connectivity index (χ0v) is 16.3. The number of primary amides is 1. The van der Waals surface area contributed by atoms with Gasteiger partial charge in [0.25, 0.3) is 11.7 Å². The van der Waals surface area contributed by atoms with Crippen molar-refractivity contribution >= 4 is 34.6 Å². The molecule has 1 atom stereocenters. The van der Waals surface area contributed by atoms with Crippen molar-refractivity contribution in [2.24, 2.45) is 11.7 Å². The van der Waals surface area contributed by atoms with Gasteiger partial charge in [0.1, 0.15) is 0 Å². The van der Waals surface area contributed by atoms with E-state index in [2.05, 4.69) is 10.3 Å². The fourth-order valence-corrected chi connectivity index (χ4v) is 3.47. The first-order valence-corrected chi connectivity index (χ1v) is 9.25. The van der Waals surface area contributed by atoms with Crippen LogP contribution in [0.1, 0.15) is 35.5 Å². The van der Waals surface area contributed by atoms with E-state index in [1.54, 1.807) is 29.3 Å². The van der Waals surface area contributed by atoms with E-state index in [1.165, 1.54) is 13.8 Å². The number of fused-ring (bicyclic) bond motifs is 3. The number of Topliss-reactive ketones (excluding diaryl/α,β-unsaturated/α-hetero) is 1. The first-order chi connectivity index (χ1) is 14.0. The van der Waals surface area contributed by atoms with Gasteiger partial charge in [-0.15, -0.1) is 0 Å². The summed E-state index contributed by atoms with van der Waals surface area (Å²) in [5.41, 5.74) is 7.91. The molecule has 0 radical (unpaired) electrons. The molecule has 1 unspecified atom stereocenters. The lowest BCUT2D eigenvalue weighted by Gasteiger charge is -2.26. The highest BCUT2D eigenvalue weighted by molar-refractivity contribution is 6.07. The molecule has 0 fully saturated rings. The van der Waals surface area contributed by atoms with Gasteiger partial charge in [-0.25, -0.2) is 0 Å². The largest absolute Gasteiger partial charge is 0.452 e. The standard InChI is InChI=1S/C20H21F3N4O3/c1-10(2)16(18(29)20(21,22)23)26-15(28)9-27-7-6-11-12-4-3-5-13(19(24)30)17(12)25-14(11)8-27/h3-7,10,16,25H,8-9H2,1-2H3,(H2,24,30)(H,26,28). The molecule has 0 aliphatic carbocycles. The number of benzene rings is 1. The van der Waals surface area contributed by atoms with E-state index in [-0.39, 0.29) is 13.1 Å². The fourth-order valence-electron chi connectivity index (χ4n) is 3.47. The maximum absolute atomic E-state index is 12.8. The second kappa shape index (κ2) is 7.85. The van der Waals surface area contributed by atoms with Gasteiger partial charge < -0.3 is 20.9 Å². The zero-order valence-electron chi connectivity index (χ0n) is 16.3. The lowest BCUT2D eigenvalue weighted by Crippen LogP contribution is -2.51. The van der Waals surface area contributed by atoms with Crippen LogP contribution in [-0.4, -0.2) is 46.2 Å². The Morgan fingerprint density at radius 2 is 1.97 bits per heavy atom. The number of nitrogens with one attached hydrogen (secondary N) is 2. The van der Waals surface area contributed by atoms with Crippen LogP contribution in [0.3, 0.4) is 0 Å². The Kier molecular flexibility index (Phi) is 5.60.